The van der Waals surface area contributed by atoms with Crippen molar-refractivity contribution in [3.63, 3.8) is 0 Å². The van der Waals surface area contributed by atoms with Crippen LogP contribution in [0.15, 0.2) is 42.5 Å². The van der Waals surface area contributed by atoms with Gasteiger partial charge in [0.25, 0.3) is 0 Å². The lowest BCUT2D eigenvalue weighted by Crippen LogP contribution is -2.56. The second-order valence-electron chi connectivity index (χ2n) is 9.15. The number of hydrogen-bond acceptors (Lipinski definition) is 5. The van der Waals surface area contributed by atoms with E-state index in [1.165, 1.54) is 0 Å². The van der Waals surface area contributed by atoms with Gasteiger partial charge >= 0.3 is 0 Å². The fraction of sp³-hybridized carbons (Fsp3) is 0.480. The summed E-state index contributed by atoms with van der Waals surface area (Å²) in [5.74, 6) is 1.56. The van der Waals surface area contributed by atoms with Gasteiger partial charge in [-0.2, -0.15) is 0 Å². The minimum absolute atomic E-state index is 0.0303. The number of nitrogens with zero attached hydrogens (tertiary/aromatic N) is 1. The quantitative estimate of drug-likeness (QED) is 0.779. The summed E-state index contributed by atoms with van der Waals surface area (Å²) < 4.78 is 11.1. The summed E-state index contributed by atoms with van der Waals surface area (Å²) in [5.41, 5.74) is 2.38. The SMILES string of the molecule is Cc1ccc(NC(=O)CN2CC[C@]3(O)CCCC[C@H]3[C@@H]2c2ccc3c(c2)OCO3)cc1. The molecule has 2 aromatic rings. The molecule has 0 radical (unpaired) electrons. The molecule has 2 fully saturated rings. The number of benzene rings is 2. The normalized spacial score (nSPS) is 27.5. The summed E-state index contributed by atoms with van der Waals surface area (Å²) in [4.78, 5) is 15.1. The van der Waals surface area contributed by atoms with Crippen LogP contribution in [0.5, 0.6) is 11.5 Å². The maximum Gasteiger partial charge on any atom is 0.238 e. The van der Waals surface area contributed by atoms with Gasteiger partial charge in [-0.15, -0.1) is 0 Å². The van der Waals surface area contributed by atoms with E-state index in [-0.39, 0.29) is 24.7 Å². The number of likely N-dealkylation sites (tertiary alicyclic amines) is 1. The summed E-state index contributed by atoms with van der Waals surface area (Å²) in [6.45, 7) is 3.24. The number of fused-ring (bicyclic) bond motifs is 2. The molecule has 31 heavy (non-hydrogen) atoms. The fourth-order valence-corrected chi connectivity index (χ4v) is 5.48. The molecule has 6 nitrogen and oxygen atoms in total. The number of hydrogen-bond donors (Lipinski definition) is 2. The Morgan fingerprint density at radius 1 is 1.13 bits per heavy atom. The maximum absolute atomic E-state index is 12.9. The average Bonchev–Trinajstić information content (AvgIpc) is 3.23. The third kappa shape index (κ3) is 4.02. The molecule has 3 aliphatic rings. The van der Waals surface area contributed by atoms with Gasteiger partial charge in [-0.3, -0.25) is 9.69 Å². The van der Waals surface area contributed by atoms with Gasteiger partial charge in [0, 0.05) is 24.2 Å². The van der Waals surface area contributed by atoms with Crippen molar-refractivity contribution < 1.29 is 19.4 Å². The van der Waals surface area contributed by atoms with Crippen molar-refractivity contribution in [1.82, 2.24) is 4.90 Å². The Morgan fingerprint density at radius 2 is 1.94 bits per heavy atom. The van der Waals surface area contributed by atoms with Gasteiger partial charge in [0.1, 0.15) is 0 Å². The van der Waals surface area contributed by atoms with Crippen LogP contribution in [0.2, 0.25) is 0 Å². The van der Waals surface area contributed by atoms with Crippen molar-refractivity contribution in [3.05, 3.63) is 53.6 Å². The highest BCUT2D eigenvalue weighted by Crippen LogP contribution is 2.50. The number of aliphatic hydroxyl groups is 1. The molecule has 2 aliphatic heterocycles. The first-order valence-electron chi connectivity index (χ1n) is 11.2. The number of carbonyl (C=O) groups excluding carboxylic acids is 1. The molecule has 2 aromatic carbocycles. The molecule has 6 heteroatoms. The summed E-state index contributed by atoms with van der Waals surface area (Å²) >= 11 is 0. The first-order chi connectivity index (χ1) is 15.0. The van der Waals surface area contributed by atoms with E-state index in [9.17, 15) is 9.90 Å². The molecule has 1 aliphatic carbocycles. The molecule has 1 amide bonds. The van der Waals surface area contributed by atoms with E-state index >= 15 is 0 Å². The van der Waals surface area contributed by atoms with Gasteiger partial charge in [0.2, 0.25) is 12.7 Å². The number of ether oxygens (including phenoxy) is 2. The smallest absolute Gasteiger partial charge is 0.238 e. The number of nitrogens with one attached hydrogen (secondary N) is 1. The van der Waals surface area contributed by atoms with Crippen molar-refractivity contribution in [1.29, 1.82) is 0 Å². The summed E-state index contributed by atoms with van der Waals surface area (Å²) in [7, 11) is 0. The van der Waals surface area contributed by atoms with Crippen molar-refractivity contribution in [2.24, 2.45) is 5.92 Å². The molecule has 1 saturated carbocycles. The van der Waals surface area contributed by atoms with Crippen LogP contribution in [0, 0.1) is 12.8 Å². The van der Waals surface area contributed by atoms with E-state index in [4.69, 9.17) is 9.47 Å². The zero-order chi connectivity index (χ0) is 21.4. The number of carbonyl (C=O) groups is 1. The Labute approximate surface area is 183 Å². The van der Waals surface area contributed by atoms with Crippen molar-refractivity contribution >= 4 is 11.6 Å². The van der Waals surface area contributed by atoms with E-state index in [1.54, 1.807) is 0 Å². The summed E-state index contributed by atoms with van der Waals surface area (Å²) in [6.07, 6.45) is 4.68. The molecule has 5 rings (SSSR count). The third-order valence-corrected chi connectivity index (χ3v) is 7.09. The number of amides is 1. The minimum Gasteiger partial charge on any atom is -0.454 e. The van der Waals surface area contributed by atoms with Crippen LogP contribution in [0.4, 0.5) is 5.69 Å². The molecule has 1 saturated heterocycles. The Hall–Kier alpha value is -2.57. The fourth-order valence-electron chi connectivity index (χ4n) is 5.48. The lowest BCUT2D eigenvalue weighted by molar-refractivity contribution is -0.135. The van der Waals surface area contributed by atoms with E-state index in [2.05, 4.69) is 16.3 Å². The Kier molecular flexibility index (Phi) is 5.36. The Morgan fingerprint density at radius 3 is 2.77 bits per heavy atom. The predicted octanol–water partition coefficient (Wildman–Crippen LogP) is 4.03. The molecule has 0 spiro atoms. The second kappa shape index (κ2) is 8.17. The molecule has 0 bridgehead atoms. The number of piperidine rings is 1. The summed E-state index contributed by atoms with van der Waals surface area (Å²) in [6, 6.07) is 13.8. The molecule has 164 valence electrons. The third-order valence-electron chi connectivity index (χ3n) is 7.09. The van der Waals surface area contributed by atoms with Gasteiger partial charge in [0.05, 0.1) is 12.1 Å². The molecular weight excluding hydrogens is 392 g/mol. The number of aryl methyl sites for hydroxylation is 1. The van der Waals surface area contributed by atoms with Crippen LogP contribution in [-0.2, 0) is 4.79 Å². The Balaban J connectivity index is 1.40. The molecule has 2 N–H and O–H groups in total. The van der Waals surface area contributed by atoms with Crippen LogP contribution in [-0.4, -0.2) is 41.4 Å². The van der Waals surface area contributed by atoms with Crippen molar-refractivity contribution in [2.75, 3.05) is 25.2 Å². The average molecular weight is 423 g/mol. The highest BCUT2D eigenvalue weighted by Gasteiger charge is 2.49. The van der Waals surface area contributed by atoms with E-state index in [1.807, 2.05) is 43.3 Å². The van der Waals surface area contributed by atoms with Crippen LogP contribution in [0.3, 0.4) is 0 Å². The first-order valence-corrected chi connectivity index (χ1v) is 11.2. The van der Waals surface area contributed by atoms with Crippen LogP contribution in [0.25, 0.3) is 0 Å². The zero-order valence-electron chi connectivity index (χ0n) is 18.0. The lowest BCUT2D eigenvalue weighted by Gasteiger charge is -2.52. The molecule has 3 atom stereocenters. The topological polar surface area (TPSA) is 71.0 Å². The molecule has 0 aromatic heterocycles. The minimum atomic E-state index is -0.663. The van der Waals surface area contributed by atoms with Gasteiger partial charge in [-0.1, -0.05) is 36.6 Å². The highest BCUT2D eigenvalue weighted by molar-refractivity contribution is 5.92. The second-order valence-corrected chi connectivity index (χ2v) is 9.15. The van der Waals surface area contributed by atoms with Gasteiger partial charge < -0.3 is 19.9 Å². The zero-order valence-corrected chi connectivity index (χ0v) is 18.0. The monoisotopic (exact) mass is 422 g/mol. The number of anilines is 1. The summed E-state index contributed by atoms with van der Waals surface area (Å²) in [5, 5.41) is 14.5. The molecule has 0 unspecified atom stereocenters. The van der Waals surface area contributed by atoms with E-state index in [0.29, 0.717) is 19.5 Å². The van der Waals surface area contributed by atoms with Gasteiger partial charge in [-0.25, -0.2) is 0 Å². The Bertz CT molecular complexity index is 960. The van der Waals surface area contributed by atoms with Crippen LogP contribution >= 0.6 is 0 Å². The van der Waals surface area contributed by atoms with Crippen LogP contribution < -0.4 is 14.8 Å². The standard InChI is InChI=1S/C25H30N2O4/c1-17-5-8-19(9-6-17)26-23(28)15-27-13-12-25(29)11-3-2-4-20(25)24(27)18-7-10-21-22(14-18)31-16-30-21/h5-10,14,20,24,29H,2-4,11-13,15-16H2,1H3,(H,26,28)/t20-,24-,25+/m0/s1. The lowest BCUT2D eigenvalue weighted by atomic mass is 9.66. The van der Waals surface area contributed by atoms with Crippen molar-refractivity contribution in [3.8, 4) is 11.5 Å². The van der Waals surface area contributed by atoms with Gasteiger partial charge in [0.15, 0.2) is 11.5 Å². The predicted molar refractivity (Wildman–Crippen MR) is 118 cm³/mol. The largest absolute Gasteiger partial charge is 0.454 e. The van der Waals surface area contributed by atoms with Crippen LogP contribution in [0.1, 0.15) is 49.3 Å². The molecular formula is C25H30N2O4. The van der Waals surface area contributed by atoms with Crippen molar-refractivity contribution in [2.45, 2.75) is 50.7 Å². The van der Waals surface area contributed by atoms with E-state index in [0.717, 1.165) is 54.0 Å². The first kappa shape index (κ1) is 20.3. The number of rotatable bonds is 4. The van der Waals surface area contributed by atoms with E-state index < -0.39 is 5.60 Å². The maximum atomic E-state index is 12.9. The highest BCUT2D eigenvalue weighted by atomic mass is 16.7. The molecule has 2 heterocycles. The van der Waals surface area contributed by atoms with Gasteiger partial charge in [-0.05, 0) is 56.0 Å².